The van der Waals surface area contributed by atoms with E-state index in [1.807, 2.05) is 32.2 Å². The zero-order chi connectivity index (χ0) is 15.5. The molecule has 0 radical (unpaired) electrons. The van der Waals surface area contributed by atoms with Crippen molar-refractivity contribution in [1.29, 1.82) is 0 Å². The van der Waals surface area contributed by atoms with Crippen LogP contribution in [0.3, 0.4) is 0 Å². The standard InChI is InChI=1S/C17H23N3OS/c1-12(17(21)18-13-7-3-4-8-13)20(2)11-16-19-14-9-5-6-10-15(14)22-16/h5-6,9-10,12-13H,3-4,7-8,11H2,1-2H3,(H,18,21)/t12-/m1/s1. The van der Waals surface area contributed by atoms with Crippen LogP contribution in [0.15, 0.2) is 24.3 Å². The van der Waals surface area contributed by atoms with E-state index in [2.05, 4.69) is 21.3 Å². The molecule has 0 aliphatic heterocycles. The molecule has 1 fully saturated rings. The number of rotatable bonds is 5. The molecule has 1 aromatic heterocycles. The minimum Gasteiger partial charge on any atom is -0.352 e. The normalized spacial score (nSPS) is 17.2. The number of thiazole rings is 1. The Morgan fingerprint density at radius 1 is 1.41 bits per heavy atom. The first-order chi connectivity index (χ1) is 10.6. The molecule has 2 aromatic rings. The van der Waals surface area contributed by atoms with E-state index in [0.29, 0.717) is 12.6 Å². The predicted octanol–water partition coefficient (Wildman–Crippen LogP) is 3.18. The monoisotopic (exact) mass is 317 g/mol. The van der Waals surface area contributed by atoms with Crippen LogP contribution in [-0.2, 0) is 11.3 Å². The van der Waals surface area contributed by atoms with Crippen LogP contribution in [0.1, 0.15) is 37.6 Å². The molecule has 1 saturated carbocycles. The summed E-state index contributed by atoms with van der Waals surface area (Å²) in [6, 6.07) is 8.41. The number of nitrogens with zero attached hydrogens (tertiary/aromatic N) is 2. The Morgan fingerprint density at radius 2 is 2.14 bits per heavy atom. The lowest BCUT2D eigenvalue weighted by Crippen LogP contribution is -2.46. The molecule has 0 bridgehead atoms. The van der Waals surface area contributed by atoms with Crippen LogP contribution in [0.4, 0.5) is 0 Å². The molecule has 0 spiro atoms. The summed E-state index contributed by atoms with van der Waals surface area (Å²) >= 11 is 1.70. The van der Waals surface area contributed by atoms with Gasteiger partial charge in [-0.3, -0.25) is 9.69 Å². The van der Waals surface area contributed by atoms with Gasteiger partial charge in [0.05, 0.1) is 22.8 Å². The molecule has 3 rings (SSSR count). The highest BCUT2D eigenvalue weighted by molar-refractivity contribution is 7.18. The van der Waals surface area contributed by atoms with E-state index in [1.165, 1.54) is 17.5 Å². The first-order valence-corrected chi connectivity index (χ1v) is 8.80. The average Bonchev–Trinajstić information content (AvgIpc) is 3.14. The molecule has 1 aromatic carbocycles. The van der Waals surface area contributed by atoms with Crippen LogP contribution in [0.5, 0.6) is 0 Å². The molecule has 0 saturated heterocycles. The Morgan fingerprint density at radius 3 is 2.86 bits per heavy atom. The maximum Gasteiger partial charge on any atom is 0.237 e. The van der Waals surface area contributed by atoms with Crippen LogP contribution in [0.25, 0.3) is 10.2 Å². The third-order valence-electron chi connectivity index (χ3n) is 4.46. The highest BCUT2D eigenvalue weighted by Gasteiger charge is 2.23. The van der Waals surface area contributed by atoms with Crippen LogP contribution in [0, 0.1) is 0 Å². The van der Waals surface area contributed by atoms with Gasteiger partial charge in [-0.1, -0.05) is 25.0 Å². The molecule has 0 unspecified atom stereocenters. The number of aromatic nitrogens is 1. The first kappa shape index (κ1) is 15.4. The predicted molar refractivity (Wildman–Crippen MR) is 90.9 cm³/mol. The highest BCUT2D eigenvalue weighted by atomic mass is 32.1. The van der Waals surface area contributed by atoms with Gasteiger partial charge in [0.2, 0.25) is 5.91 Å². The zero-order valence-electron chi connectivity index (χ0n) is 13.2. The number of para-hydroxylation sites is 1. The molecular formula is C17H23N3OS. The van der Waals surface area contributed by atoms with Crippen molar-refractivity contribution in [1.82, 2.24) is 15.2 Å². The quantitative estimate of drug-likeness (QED) is 0.921. The molecule has 1 aliphatic rings. The first-order valence-electron chi connectivity index (χ1n) is 7.98. The van der Waals surface area contributed by atoms with Gasteiger partial charge in [0.25, 0.3) is 0 Å². The highest BCUT2D eigenvalue weighted by Crippen LogP contribution is 2.23. The lowest BCUT2D eigenvalue weighted by atomic mass is 10.2. The summed E-state index contributed by atoms with van der Waals surface area (Å²) in [6.45, 7) is 2.68. The van der Waals surface area contributed by atoms with Gasteiger partial charge in [-0.25, -0.2) is 4.98 Å². The molecule has 1 N–H and O–H groups in total. The smallest absolute Gasteiger partial charge is 0.237 e. The molecule has 1 aliphatic carbocycles. The number of benzene rings is 1. The number of hydrogen-bond acceptors (Lipinski definition) is 4. The molecule has 22 heavy (non-hydrogen) atoms. The maximum absolute atomic E-state index is 12.3. The molecule has 4 nitrogen and oxygen atoms in total. The molecule has 1 heterocycles. The van der Waals surface area contributed by atoms with Crippen molar-refractivity contribution in [3.05, 3.63) is 29.3 Å². The second-order valence-corrected chi connectivity index (χ2v) is 7.27. The van der Waals surface area contributed by atoms with Crippen LogP contribution in [0.2, 0.25) is 0 Å². The van der Waals surface area contributed by atoms with E-state index in [9.17, 15) is 4.79 Å². The van der Waals surface area contributed by atoms with E-state index in [4.69, 9.17) is 0 Å². The summed E-state index contributed by atoms with van der Waals surface area (Å²) in [5, 5.41) is 4.23. The Kier molecular flexibility index (Phi) is 4.74. The number of nitrogens with one attached hydrogen (secondary N) is 1. The van der Waals surface area contributed by atoms with Crippen LogP contribution < -0.4 is 5.32 Å². The Balaban J connectivity index is 1.60. The van der Waals surface area contributed by atoms with Gasteiger partial charge in [-0.05, 0) is 38.9 Å². The van der Waals surface area contributed by atoms with Crippen LogP contribution in [-0.4, -0.2) is 34.9 Å². The Hall–Kier alpha value is -1.46. The van der Waals surface area contributed by atoms with Crippen molar-refractivity contribution in [2.75, 3.05) is 7.05 Å². The van der Waals surface area contributed by atoms with Gasteiger partial charge >= 0.3 is 0 Å². The van der Waals surface area contributed by atoms with Crippen molar-refractivity contribution < 1.29 is 4.79 Å². The van der Waals surface area contributed by atoms with Crippen LogP contribution >= 0.6 is 11.3 Å². The van der Waals surface area contributed by atoms with Gasteiger partial charge in [0.15, 0.2) is 0 Å². The van der Waals surface area contributed by atoms with E-state index < -0.39 is 0 Å². The fourth-order valence-corrected chi connectivity index (χ4v) is 3.96. The lowest BCUT2D eigenvalue weighted by molar-refractivity contribution is -0.126. The van der Waals surface area contributed by atoms with Crippen molar-refractivity contribution in [2.45, 2.75) is 51.2 Å². The second kappa shape index (κ2) is 6.75. The Bertz CT molecular complexity index is 615. The van der Waals surface area contributed by atoms with Crippen molar-refractivity contribution in [3.63, 3.8) is 0 Å². The summed E-state index contributed by atoms with van der Waals surface area (Å²) in [5.41, 5.74) is 1.04. The van der Waals surface area contributed by atoms with Gasteiger partial charge in [0, 0.05) is 6.04 Å². The van der Waals surface area contributed by atoms with Crippen molar-refractivity contribution in [2.24, 2.45) is 0 Å². The fraction of sp³-hybridized carbons (Fsp3) is 0.529. The number of carbonyl (C=O) groups is 1. The summed E-state index contributed by atoms with van der Waals surface area (Å²) in [4.78, 5) is 19.0. The lowest BCUT2D eigenvalue weighted by Gasteiger charge is -2.24. The van der Waals surface area contributed by atoms with Crippen molar-refractivity contribution >= 4 is 27.5 Å². The van der Waals surface area contributed by atoms with E-state index in [0.717, 1.165) is 23.4 Å². The van der Waals surface area contributed by atoms with E-state index in [-0.39, 0.29) is 11.9 Å². The van der Waals surface area contributed by atoms with Gasteiger partial charge < -0.3 is 5.32 Å². The van der Waals surface area contributed by atoms with Gasteiger partial charge in [-0.2, -0.15) is 0 Å². The number of fused-ring (bicyclic) bond motifs is 1. The number of carbonyl (C=O) groups excluding carboxylic acids is 1. The summed E-state index contributed by atoms with van der Waals surface area (Å²) < 4.78 is 1.20. The van der Waals surface area contributed by atoms with Gasteiger partial charge in [-0.15, -0.1) is 11.3 Å². The average molecular weight is 317 g/mol. The summed E-state index contributed by atoms with van der Waals surface area (Å²) in [7, 11) is 1.99. The largest absolute Gasteiger partial charge is 0.352 e. The maximum atomic E-state index is 12.3. The topological polar surface area (TPSA) is 45.2 Å². The molecule has 1 atom stereocenters. The molecule has 1 amide bonds. The fourth-order valence-electron chi connectivity index (χ4n) is 2.93. The zero-order valence-corrected chi connectivity index (χ0v) is 14.0. The minimum atomic E-state index is -0.132. The Labute approximate surface area is 135 Å². The van der Waals surface area contributed by atoms with E-state index >= 15 is 0 Å². The molecular weight excluding hydrogens is 294 g/mol. The number of amides is 1. The number of likely N-dealkylation sites (N-methyl/N-ethyl adjacent to an activating group) is 1. The third-order valence-corrected chi connectivity index (χ3v) is 5.49. The number of hydrogen-bond donors (Lipinski definition) is 1. The van der Waals surface area contributed by atoms with Gasteiger partial charge in [0.1, 0.15) is 5.01 Å². The minimum absolute atomic E-state index is 0.132. The van der Waals surface area contributed by atoms with E-state index in [1.54, 1.807) is 11.3 Å². The third kappa shape index (κ3) is 3.47. The second-order valence-electron chi connectivity index (χ2n) is 6.16. The molecule has 118 valence electrons. The van der Waals surface area contributed by atoms with Crippen molar-refractivity contribution in [3.8, 4) is 0 Å². The summed E-state index contributed by atoms with van der Waals surface area (Å²) in [6.07, 6.45) is 4.72. The molecule has 5 heteroatoms. The SMILES string of the molecule is C[C@H](C(=O)NC1CCCC1)N(C)Cc1nc2ccccc2s1. The summed E-state index contributed by atoms with van der Waals surface area (Å²) in [5.74, 6) is 0.135.